The zero-order chi connectivity index (χ0) is 22.6. The highest BCUT2D eigenvalue weighted by atomic mass is 32.2. The summed E-state index contributed by atoms with van der Waals surface area (Å²) in [6.45, 7) is 0. The van der Waals surface area contributed by atoms with Crippen molar-refractivity contribution in [2.45, 2.75) is 23.2 Å². The summed E-state index contributed by atoms with van der Waals surface area (Å²) in [5, 5.41) is 0.992. The number of amides is 2. The summed E-state index contributed by atoms with van der Waals surface area (Å²) >= 11 is 1.52. The lowest BCUT2D eigenvalue weighted by Gasteiger charge is -2.25. The van der Waals surface area contributed by atoms with E-state index >= 15 is 0 Å². The second kappa shape index (κ2) is 10.1. The lowest BCUT2D eigenvalue weighted by molar-refractivity contribution is -0.110. The summed E-state index contributed by atoms with van der Waals surface area (Å²) in [5.41, 5.74) is -4.67. The maximum absolute atomic E-state index is 12.6. The molecule has 0 unspecified atom stereocenters. The van der Waals surface area contributed by atoms with Crippen LogP contribution >= 0.6 is 35.6 Å². The van der Waals surface area contributed by atoms with E-state index in [-0.39, 0.29) is 27.7 Å². The number of thioether (sulfide) groups is 2. The lowest BCUT2D eigenvalue weighted by atomic mass is 9.95. The van der Waals surface area contributed by atoms with E-state index < -0.39 is 29.4 Å². The summed E-state index contributed by atoms with van der Waals surface area (Å²) in [6.07, 6.45) is 1.33. The number of nitrogens with zero attached hydrogens (tertiary/aromatic N) is 1. The average molecular weight is 490 g/mol. The van der Waals surface area contributed by atoms with Gasteiger partial charge in [0, 0.05) is 34.6 Å². The number of rotatable bonds is 9. The molecule has 0 bridgehead atoms. The highest BCUT2D eigenvalue weighted by Crippen LogP contribution is 2.38. The number of hydrogen-bond acceptors (Lipinski definition) is 8. The first-order valence-electron chi connectivity index (χ1n) is 8.82. The van der Waals surface area contributed by atoms with E-state index in [1.807, 2.05) is 0 Å². The maximum Gasteiger partial charge on any atom is 0.470 e. The molecule has 0 atom stereocenters. The number of alkyl halides is 3. The molecule has 2 aromatic carbocycles. The highest BCUT2D eigenvalue weighted by molar-refractivity contribution is 8.13. The molecule has 0 saturated carbocycles. The van der Waals surface area contributed by atoms with Crippen LogP contribution in [-0.4, -0.2) is 45.3 Å². The molecule has 12 heteroatoms. The molecule has 2 aromatic rings. The van der Waals surface area contributed by atoms with Crippen LogP contribution in [0, 0.1) is 0 Å². The van der Waals surface area contributed by atoms with Gasteiger partial charge in [-0.1, -0.05) is 23.9 Å². The summed E-state index contributed by atoms with van der Waals surface area (Å²) in [6, 6.07) is 7.73. The van der Waals surface area contributed by atoms with Crippen LogP contribution in [0.4, 0.5) is 13.2 Å². The smallest absolute Gasteiger partial charge is 0.303 e. The van der Waals surface area contributed by atoms with Crippen LogP contribution in [0.2, 0.25) is 0 Å². The van der Waals surface area contributed by atoms with Crippen LogP contribution < -0.4 is 0 Å². The highest BCUT2D eigenvalue weighted by Gasteiger charge is 2.39. The largest absolute Gasteiger partial charge is 0.470 e. The van der Waals surface area contributed by atoms with Crippen molar-refractivity contribution in [2.24, 2.45) is 0 Å². The predicted molar refractivity (Wildman–Crippen MR) is 113 cm³/mol. The van der Waals surface area contributed by atoms with Gasteiger partial charge in [-0.2, -0.15) is 17.5 Å². The van der Waals surface area contributed by atoms with Gasteiger partial charge in [-0.15, -0.1) is 16.8 Å². The Bertz CT molecular complexity index is 1020. The van der Waals surface area contributed by atoms with Gasteiger partial charge in [-0.25, -0.2) is 0 Å². The third kappa shape index (κ3) is 5.62. The molecule has 0 aromatic heterocycles. The molecule has 0 N–H and O–H groups in total. The fourth-order valence-corrected chi connectivity index (χ4v) is 4.97. The standard InChI is InChI=1S/C19H14F3NO5S3/c20-19(21,22)31-28-23-17(26)12-4-1-3-11-14(6-5-13(16(11)12)18(23)27)29-10-7-15(25)30-9-2-8-24/h1,3-6,8H,2,7,9-10H2. The van der Waals surface area contributed by atoms with Crippen molar-refractivity contribution >= 4 is 69.6 Å². The number of aldehydes is 1. The number of carbonyl (C=O) groups excluding carboxylic acids is 4. The van der Waals surface area contributed by atoms with Gasteiger partial charge in [0.15, 0.2) is 5.12 Å². The maximum atomic E-state index is 12.6. The van der Waals surface area contributed by atoms with Crippen LogP contribution in [0.25, 0.3) is 10.8 Å². The molecule has 2 amide bonds. The van der Waals surface area contributed by atoms with E-state index in [9.17, 15) is 32.3 Å². The van der Waals surface area contributed by atoms with Crippen molar-refractivity contribution in [1.82, 2.24) is 5.06 Å². The van der Waals surface area contributed by atoms with Crippen LogP contribution in [0.15, 0.2) is 35.2 Å². The predicted octanol–water partition coefficient (Wildman–Crippen LogP) is 4.87. The molecule has 1 aliphatic rings. The van der Waals surface area contributed by atoms with E-state index in [1.165, 1.54) is 23.9 Å². The van der Waals surface area contributed by atoms with Gasteiger partial charge >= 0.3 is 5.51 Å². The van der Waals surface area contributed by atoms with Gasteiger partial charge in [-0.3, -0.25) is 14.4 Å². The Labute approximate surface area is 187 Å². The van der Waals surface area contributed by atoms with E-state index in [0.717, 1.165) is 22.9 Å². The first-order valence-corrected chi connectivity index (χ1v) is 11.5. The minimum atomic E-state index is -4.78. The number of halogens is 3. The third-order valence-electron chi connectivity index (χ3n) is 4.10. The number of carbonyl (C=O) groups is 4. The van der Waals surface area contributed by atoms with Crippen LogP contribution in [-0.2, 0) is 13.9 Å². The molecule has 6 nitrogen and oxygen atoms in total. The van der Waals surface area contributed by atoms with Crippen molar-refractivity contribution in [3.63, 3.8) is 0 Å². The molecule has 0 fully saturated rings. The van der Waals surface area contributed by atoms with Crippen molar-refractivity contribution in [2.75, 3.05) is 11.5 Å². The molecule has 0 radical (unpaired) electrons. The molecule has 1 aliphatic heterocycles. The third-order valence-corrected chi connectivity index (χ3v) is 6.55. The van der Waals surface area contributed by atoms with Gasteiger partial charge in [0.2, 0.25) is 0 Å². The first-order chi connectivity index (χ1) is 14.7. The molecular formula is C19H14F3NO5S3. The second-order valence-electron chi connectivity index (χ2n) is 6.12. The molecule has 31 heavy (non-hydrogen) atoms. The number of hydroxylamine groups is 2. The molecule has 0 spiro atoms. The Balaban J connectivity index is 1.80. The Kier molecular flexibility index (Phi) is 7.68. The molecule has 1 heterocycles. The van der Waals surface area contributed by atoms with Crippen molar-refractivity contribution in [3.8, 4) is 0 Å². The van der Waals surface area contributed by atoms with E-state index in [0.29, 0.717) is 28.7 Å². The summed E-state index contributed by atoms with van der Waals surface area (Å²) in [4.78, 5) is 48.0. The van der Waals surface area contributed by atoms with E-state index in [4.69, 9.17) is 0 Å². The number of benzene rings is 2. The van der Waals surface area contributed by atoms with Crippen LogP contribution in [0.1, 0.15) is 33.6 Å². The Morgan fingerprint density at radius 1 is 1.06 bits per heavy atom. The fourth-order valence-electron chi connectivity index (χ4n) is 2.86. The van der Waals surface area contributed by atoms with Gasteiger partial charge < -0.3 is 4.79 Å². The Hall–Kier alpha value is -2.02. The first kappa shape index (κ1) is 23.6. The van der Waals surface area contributed by atoms with Crippen molar-refractivity contribution in [3.05, 3.63) is 41.5 Å². The lowest BCUT2D eigenvalue weighted by Crippen LogP contribution is -2.39. The molecular weight excluding hydrogens is 475 g/mol. The van der Waals surface area contributed by atoms with Gasteiger partial charge in [0.25, 0.3) is 11.8 Å². The zero-order valence-electron chi connectivity index (χ0n) is 15.6. The Morgan fingerprint density at radius 3 is 2.45 bits per heavy atom. The van der Waals surface area contributed by atoms with Crippen molar-refractivity contribution < 1.29 is 36.6 Å². The summed E-state index contributed by atoms with van der Waals surface area (Å²) in [7, 11) is 0. The SMILES string of the molecule is O=CCCSC(=O)CCSc1ccc2c3c(cccc13)C(=O)N(OSC(F)(F)F)C2=O. The van der Waals surface area contributed by atoms with E-state index in [1.54, 1.807) is 18.2 Å². The molecule has 0 saturated heterocycles. The van der Waals surface area contributed by atoms with Gasteiger partial charge in [0.05, 0.1) is 11.1 Å². The zero-order valence-corrected chi connectivity index (χ0v) is 18.1. The molecule has 0 aliphatic carbocycles. The summed E-state index contributed by atoms with van der Waals surface area (Å²) in [5.74, 6) is -1.08. The second-order valence-corrected chi connectivity index (χ2v) is 9.19. The fraction of sp³-hybridized carbons (Fsp3) is 0.263. The Morgan fingerprint density at radius 2 is 1.77 bits per heavy atom. The quantitative estimate of drug-likeness (QED) is 0.162. The van der Waals surface area contributed by atoms with E-state index in [2.05, 4.69) is 4.28 Å². The number of imide groups is 1. The van der Waals surface area contributed by atoms with Crippen LogP contribution in [0.5, 0.6) is 0 Å². The van der Waals surface area contributed by atoms with Crippen molar-refractivity contribution in [1.29, 1.82) is 0 Å². The van der Waals surface area contributed by atoms with Gasteiger partial charge in [-0.05, 0) is 23.6 Å². The monoisotopic (exact) mass is 489 g/mol. The number of hydrogen-bond donors (Lipinski definition) is 0. The summed E-state index contributed by atoms with van der Waals surface area (Å²) < 4.78 is 41.7. The molecule has 164 valence electrons. The average Bonchev–Trinajstić information content (AvgIpc) is 2.72. The minimum absolute atomic E-state index is 0.0441. The van der Waals surface area contributed by atoms with Crippen LogP contribution in [0.3, 0.4) is 0 Å². The topological polar surface area (TPSA) is 80.8 Å². The molecule has 3 rings (SSSR count). The minimum Gasteiger partial charge on any atom is -0.303 e. The van der Waals surface area contributed by atoms with Gasteiger partial charge in [0.1, 0.15) is 18.3 Å². The normalized spacial score (nSPS) is 13.7.